The number of hydrogen-bond donors (Lipinski definition) is 2. The summed E-state index contributed by atoms with van der Waals surface area (Å²) in [6.07, 6.45) is 0.733. The highest BCUT2D eigenvalue weighted by molar-refractivity contribution is 7.89. The van der Waals surface area contributed by atoms with Gasteiger partial charge >= 0.3 is 0 Å². The Morgan fingerprint density at radius 1 is 1.23 bits per heavy atom. The lowest BCUT2D eigenvalue weighted by Crippen LogP contribution is -2.33. The lowest BCUT2D eigenvalue weighted by Gasteiger charge is -2.18. The van der Waals surface area contributed by atoms with Gasteiger partial charge in [0.1, 0.15) is 10.0 Å². The van der Waals surface area contributed by atoms with Crippen LogP contribution in [0.15, 0.2) is 53.6 Å². The van der Waals surface area contributed by atoms with E-state index in [0.29, 0.717) is 0 Å². The third-order valence-electron chi connectivity index (χ3n) is 3.13. The fraction of sp³-hybridized carbons (Fsp3) is 0.267. The van der Waals surface area contributed by atoms with E-state index in [9.17, 15) is 13.5 Å². The van der Waals surface area contributed by atoms with Gasteiger partial charge < -0.3 is 5.11 Å². The highest BCUT2D eigenvalue weighted by atomic mass is 35.5. The molecular weight excluding hydrogens is 324 g/mol. The average molecular weight is 341 g/mol. The number of benzene rings is 1. The Labute approximate surface area is 135 Å². The van der Waals surface area contributed by atoms with Crippen LogP contribution in [0, 0.1) is 0 Å². The monoisotopic (exact) mass is 340 g/mol. The van der Waals surface area contributed by atoms with Gasteiger partial charge in [0.25, 0.3) is 0 Å². The fourth-order valence-corrected chi connectivity index (χ4v) is 3.36. The van der Waals surface area contributed by atoms with Gasteiger partial charge in [-0.25, -0.2) is 18.1 Å². The largest absolute Gasteiger partial charge is 0.388 e. The van der Waals surface area contributed by atoms with E-state index in [1.165, 1.54) is 18.3 Å². The van der Waals surface area contributed by atoms with Crippen LogP contribution in [0.2, 0.25) is 5.15 Å². The molecule has 0 aliphatic heterocycles. The van der Waals surface area contributed by atoms with Gasteiger partial charge in [-0.2, -0.15) is 0 Å². The van der Waals surface area contributed by atoms with Gasteiger partial charge in [-0.15, -0.1) is 0 Å². The molecule has 2 atom stereocenters. The zero-order valence-corrected chi connectivity index (χ0v) is 13.6. The molecule has 0 amide bonds. The smallest absolute Gasteiger partial charge is 0.242 e. The van der Waals surface area contributed by atoms with Gasteiger partial charge in [0.2, 0.25) is 10.0 Å². The minimum atomic E-state index is -3.69. The molecule has 2 N–H and O–H groups in total. The topological polar surface area (TPSA) is 79.3 Å². The molecule has 1 aromatic heterocycles. The lowest BCUT2D eigenvalue weighted by molar-refractivity contribution is 0.158. The van der Waals surface area contributed by atoms with E-state index in [0.717, 1.165) is 5.56 Å². The summed E-state index contributed by atoms with van der Waals surface area (Å²) in [7, 11) is -3.69. The second kappa shape index (κ2) is 7.19. The molecule has 5 nitrogen and oxygen atoms in total. The Hall–Kier alpha value is -1.47. The Morgan fingerprint density at radius 2 is 1.91 bits per heavy atom. The number of pyridine rings is 1. The number of sulfonamides is 1. The standard InChI is InChI=1S/C15H17ClN2O3S/c1-11(9-14(19)12-5-3-2-4-6-12)18-22(20,21)13-7-8-15(16)17-10-13/h2-8,10-11,14,18-19H,9H2,1H3. The van der Waals surface area contributed by atoms with Gasteiger partial charge in [-0.05, 0) is 31.0 Å². The van der Waals surface area contributed by atoms with Crippen LogP contribution < -0.4 is 4.72 Å². The molecule has 1 aromatic carbocycles. The molecule has 0 radical (unpaired) electrons. The fourth-order valence-electron chi connectivity index (χ4n) is 2.05. The summed E-state index contributed by atoms with van der Waals surface area (Å²) in [6.45, 7) is 1.70. The zero-order valence-electron chi connectivity index (χ0n) is 12.0. The predicted octanol–water partition coefficient (Wildman–Crippen LogP) is 2.53. The van der Waals surface area contributed by atoms with E-state index >= 15 is 0 Å². The van der Waals surface area contributed by atoms with Crippen molar-refractivity contribution in [3.05, 3.63) is 59.4 Å². The minimum Gasteiger partial charge on any atom is -0.388 e. The van der Waals surface area contributed by atoms with E-state index in [1.54, 1.807) is 19.1 Å². The maximum Gasteiger partial charge on any atom is 0.242 e. The normalized spacial score (nSPS) is 14.5. The second-order valence-corrected chi connectivity index (χ2v) is 7.10. The molecule has 0 aliphatic rings. The van der Waals surface area contributed by atoms with Crippen LogP contribution in [-0.2, 0) is 10.0 Å². The van der Waals surface area contributed by atoms with Crippen LogP contribution in [0.1, 0.15) is 25.0 Å². The van der Waals surface area contributed by atoms with Gasteiger partial charge in [0.05, 0.1) is 6.10 Å². The van der Waals surface area contributed by atoms with Gasteiger partial charge in [0, 0.05) is 12.2 Å². The molecule has 1 heterocycles. The lowest BCUT2D eigenvalue weighted by atomic mass is 10.0. The summed E-state index contributed by atoms with van der Waals surface area (Å²) in [4.78, 5) is 3.80. The number of aliphatic hydroxyl groups is 1. The van der Waals surface area contributed by atoms with Crippen molar-refractivity contribution in [1.82, 2.24) is 9.71 Å². The predicted molar refractivity (Wildman–Crippen MR) is 85.0 cm³/mol. The summed E-state index contributed by atoms with van der Waals surface area (Å²) >= 11 is 5.64. The SMILES string of the molecule is CC(CC(O)c1ccccc1)NS(=O)(=O)c1ccc(Cl)nc1. The molecule has 118 valence electrons. The van der Waals surface area contributed by atoms with Crippen molar-refractivity contribution in [2.75, 3.05) is 0 Å². The first kappa shape index (κ1) is 16.9. The zero-order chi connectivity index (χ0) is 16.2. The maximum atomic E-state index is 12.2. The molecule has 0 spiro atoms. The van der Waals surface area contributed by atoms with E-state index in [4.69, 9.17) is 11.6 Å². The molecule has 0 aliphatic carbocycles. The summed E-state index contributed by atoms with van der Waals surface area (Å²) in [6, 6.07) is 11.5. The van der Waals surface area contributed by atoms with Crippen molar-refractivity contribution >= 4 is 21.6 Å². The van der Waals surface area contributed by atoms with Crippen LogP contribution in [0.4, 0.5) is 0 Å². The van der Waals surface area contributed by atoms with Crippen LogP contribution >= 0.6 is 11.6 Å². The molecule has 0 saturated carbocycles. The van der Waals surface area contributed by atoms with Crippen LogP contribution in [0.25, 0.3) is 0 Å². The Morgan fingerprint density at radius 3 is 2.50 bits per heavy atom. The van der Waals surface area contributed by atoms with Crippen LogP contribution in [0.3, 0.4) is 0 Å². The quantitative estimate of drug-likeness (QED) is 0.792. The molecule has 0 bridgehead atoms. The number of rotatable bonds is 6. The van der Waals surface area contributed by atoms with Crippen LogP contribution in [-0.4, -0.2) is 24.6 Å². The van der Waals surface area contributed by atoms with Crippen LogP contribution in [0.5, 0.6) is 0 Å². The highest BCUT2D eigenvalue weighted by Crippen LogP contribution is 2.19. The summed E-state index contributed by atoms with van der Waals surface area (Å²) < 4.78 is 26.9. The number of halogens is 1. The second-order valence-electron chi connectivity index (χ2n) is 5.00. The van der Waals surface area contributed by atoms with Gasteiger partial charge in [0.15, 0.2) is 0 Å². The van der Waals surface area contributed by atoms with Crippen molar-refractivity contribution < 1.29 is 13.5 Å². The number of nitrogens with zero attached hydrogens (tertiary/aromatic N) is 1. The minimum absolute atomic E-state index is 0.0398. The first-order valence-electron chi connectivity index (χ1n) is 6.75. The highest BCUT2D eigenvalue weighted by Gasteiger charge is 2.20. The third kappa shape index (κ3) is 4.51. The van der Waals surface area contributed by atoms with Gasteiger partial charge in [-0.3, -0.25) is 0 Å². The molecular formula is C15H17ClN2O3S. The average Bonchev–Trinajstić information content (AvgIpc) is 2.48. The molecule has 22 heavy (non-hydrogen) atoms. The van der Waals surface area contributed by atoms with Crippen molar-refractivity contribution in [2.24, 2.45) is 0 Å². The number of aromatic nitrogens is 1. The third-order valence-corrected chi connectivity index (χ3v) is 4.93. The van der Waals surface area contributed by atoms with E-state index < -0.39 is 22.2 Å². The Balaban J connectivity index is 2.02. The summed E-state index contributed by atoms with van der Waals surface area (Å²) in [5.41, 5.74) is 0.752. The van der Waals surface area contributed by atoms with Crippen molar-refractivity contribution in [2.45, 2.75) is 30.4 Å². The summed E-state index contributed by atoms with van der Waals surface area (Å²) in [5, 5.41) is 10.4. The number of aliphatic hydroxyl groups excluding tert-OH is 1. The maximum absolute atomic E-state index is 12.2. The number of hydrogen-bond acceptors (Lipinski definition) is 4. The van der Waals surface area contributed by atoms with Crippen molar-refractivity contribution in [3.8, 4) is 0 Å². The number of nitrogens with one attached hydrogen (secondary N) is 1. The van der Waals surface area contributed by atoms with Crippen molar-refractivity contribution in [1.29, 1.82) is 0 Å². The summed E-state index contributed by atoms with van der Waals surface area (Å²) in [5.74, 6) is 0. The Bertz CT molecular complexity index is 705. The molecule has 2 aromatic rings. The van der Waals surface area contributed by atoms with E-state index in [2.05, 4.69) is 9.71 Å². The van der Waals surface area contributed by atoms with E-state index in [1.807, 2.05) is 18.2 Å². The molecule has 0 saturated heterocycles. The molecule has 0 fully saturated rings. The first-order valence-corrected chi connectivity index (χ1v) is 8.61. The first-order chi connectivity index (χ1) is 10.4. The van der Waals surface area contributed by atoms with Gasteiger partial charge in [-0.1, -0.05) is 41.9 Å². The molecule has 2 unspecified atom stereocenters. The molecule has 7 heteroatoms. The Kier molecular flexibility index (Phi) is 5.52. The van der Waals surface area contributed by atoms with E-state index in [-0.39, 0.29) is 16.5 Å². The molecule has 2 rings (SSSR count). The van der Waals surface area contributed by atoms with Crippen molar-refractivity contribution in [3.63, 3.8) is 0 Å².